The molecular weight excluding hydrogens is 360 g/mol. The molecule has 0 aromatic carbocycles. The van der Waals surface area contributed by atoms with Crippen molar-refractivity contribution >= 4 is 0 Å². The van der Waals surface area contributed by atoms with E-state index in [4.69, 9.17) is 0 Å². The van der Waals surface area contributed by atoms with E-state index in [9.17, 15) is 0 Å². The van der Waals surface area contributed by atoms with Crippen molar-refractivity contribution in [2.24, 2.45) is 118 Å². The standard InChI is InChI=1S/C30H40/c1-11-2-13-4-15-6-17-8-19-10-20-9-18-7-16-5-14-3-12(1)22-21(11)23(13)25(15)27(17)29(19)30(20)28(18)26(16)24(14)22/h11-30H,1-10H2. The summed E-state index contributed by atoms with van der Waals surface area (Å²) in [6.07, 6.45) is 17.1. The van der Waals surface area contributed by atoms with Gasteiger partial charge in [0, 0.05) is 0 Å². The number of hydrogen-bond donors (Lipinski definition) is 0. The summed E-state index contributed by atoms with van der Waals surface area (Å²) in [6, 6.07) is 0. The molecule has 0 bridgehead atoms. The van der Waals surface area contributed by atoms with Gasteiger partial charge in [-0.3, -0.25) is 0 Å². The fraction of sp³-hybridized carbons (Fsp3) is 1.00. The second kappa shape index (κ2) is 4.64. The highest BCUT2D eigenvalue weighted by Gasteiger charge is 2.75. The summed E-state index contributed by atoms with van der Waals surface area (Å²) < 4.78 is 0. The summed E-state index contributed by atoms with van der Waals surface area (Å²) in [5.41, 5.74) is 0. The minimum Gasteiger partial charge on any atom is -0.0470 e. The van der Waals surface area contributed by atoms with E-state index in [1.54, 1.807) is 64.2 Å². The zero-order valence-corrected chi connectivity index (χ0v) is 18.6. The average Bonchev–Trinajstić information content (AvgIpc) is 3.46. The van der Waals surface area contributed by atoms with Crippen LogP contribution in [0.25, 0.3) is 0 Å². The predicted octanol–water partition coefficient (Wildman–Crippen LogP) is 6.36. The molecule has 0 N–H and O–H groups in total. The van der Waals surface area contributed by atoms with E-state index in [0.29, 0.717) is 0 Å². The molecule has 11 aliphatic rings. The molecule has 0 heterocycles. The molecule has 11 fully saturated rings. The molecule has 0 amide bonds. The van der Waals surface area contributed by atoms with Gasteiger partial charge in [0.1, 0.15) is 0 Å². The second-order valence-corrected chi connectivity index (χ2v) is 15.7. The van der Waals surface area contributed by atoms with Crippen LogP contribution < -0.4 is 0 Å². The van der Waals surface area contributed by atoms with E-state index in [0.717, 1.165) is 0 Å². The first-order valence-corrected chi connectivity index (χ1v) is 14.8. The lowest BCUT2D eigenvalue weighted by Gasteiger charge is -2.45. The van der Waals surface area contributed by atoms with Crippen molar-refractivity contribution in [3.05, 3.63) is 0 Å². The van der Waals surface area contributed by atoms with E-state index in [1.165, 1.54) is 118 Å². The normalized spacial score (nSPS) is 80.0. The van der Waals surface area contributed by atoms with Crippen molar-refractivity contribution in [3.63, 3.8) is 0 Å². The van der Waals surface area contributed by atoms with Crippen LogP contribution in [0.2, 0.25) is 0 Å². The number of rotatable bonds is 0. The maximum absolute atomic E-state index is 1.71. The van der Waals surface area contributed by atoms with Gasteiger partial charge in [-0.1, -0.05) is 0 Å². The Hall–Kier alpha value is 0. The number of hydrogen-bond acceptors (Lipinski definition) is 0. The summed E-state index contributed by atoms with van der Waals surface area (Å²) in [7, 11) is 0. The third-order valence-corrected chi connectivity index (χ3v) is 15.9. The van der Waals surface area contributed by atoms with E-state index < -0.39 is 0 Å². The van der Waals surface area contributed by atoms with Gasteiger partial charge in [0.25, 0.3) is 0 Å². The highest BCUT2D eigenvalue weighted by atomic mass is 14.8. The summed E-state index contributed by atoms with van der Waals surface area (Å²) in [5, 5.41) is 0. The van der Waals surface area contributed by atoms with Crippen LogP contribution in [-0.2, 0) is 0 Å². The Bertz CT molecular complexity index is 586. The summed E-state index contributed by atoms with van der Waals surface area (Å²) in [5.74, 6) is 24.5. The SMILES string of the molecule is C1C2CC3CC4CC5CC6CC7CC8CC9CC%10CC1C1C2C3C4C5C6C7C8C9C%101. The molecule has 11 aliphatic carbocycles. The van der Waals surface area contributed by atoms with Gasteiger partial charge >= 0.3 is 0 Å². The topological polar surface area (TPSA) is 0 Å². The fourth-order valence-electron chi connectivity index (χ4n) is 16.8. The molecule has 30 heavy (non-hydrogen) atoms. The van der Waals surface area contributed by atoms with Crippen LogP contribution in [-0.4, -0.2) is 0 Å². The third kappa shape index (κ3) is 1.42. The predicted molar refractivity (Wildman–Crippen MR) is 116 cm³/mol. The summed E-state index contributed by atoms with van der Waals surface area (Å²) in [6.45, 7) is 0. The maximum atomic E-state index is 1.71. The van der Waals surface area contributed by atoms with Gasteiger partial charge in [0.15, 0.2) is 0 Å². The maximum Gasteiger partial charge on any atom is -0.0318 e. The minimum atomic E-state index is 1.21. The molecule has 160 valence electrons. The smallest absolute Gasteiger partial charge is 0.0318 e. The zero-order chi connectivity index (χ0) is 18.6. The van der Waals surface area contributed by atoms with Gasteiger partial charge in [-0.15, -0.1) is 0 Å². The Morgan fingerprint density at radius 2 is 0.267 bits per heavy atom. The van der Waals surface area contributed by atoms with Crippen LogP contribution >= 0.6 is 0 Å². The van der Waals surface area contributed by atoms with Crippen LogP contribution in [0, 0.1) is 118 Å². The van der Waals surface area contributed by atoms with Crippen LogP contribution in [0.1, 0.15) is 64.2 Å². The van der Waals surface area contributed by atoms with Crippen molar-refractivity contribution < 1.29 is 0 Å². The molecular formula is C30H40. The lowest BCUT2D eigenvalue weighted by Crippen LogP contribution is -2.41. The minimum absolute atomic E-state index is 1.21. The quantitative estimate of drug-likeness (QED) is 0.444. The van der Waals surface area contributed by atoms with Crippen molar-refractivity contribution in [3.8, 4) is 0 Å². The third-order valence-electron chi connectivity index (χ3n) is 15.9. The first-order chi connectivity index (χ1) is 14.8. The van der Waals surface area contributed by atoms with E-state index in [2.05, 4.69) is 0 Å². The van der Waals surface area contributed by atoms with Crippen LogP contribution in [0.4, 0.5) is 0 Å². The molecule has 11 rings (SSSR count). The highest BCUT2D eigenvalue weighted by molar-refractivity contribution is 5.23. The van der Waals surface area contributed by atoms with Crippen molar-refractivity contribution in [1.82, 2.24) is 0 Å². The van der Waals surface area contributed by atoms with Gasteiger partial charge in [0.2, 0.25) is 0 Å². The first kappa shape index (κ1) is 15.8. The largest absolute Gasteiger partial charge is 0.0470 e. The molecule has 0 saturated heterocycles. The van der Waals surface area contributed by atoms with Gasteiger partial charge in [0.05, 0.1) is 0 Å². The molecule has 11 saturated carbocycles. The Morgan fingerprint density at radius 1 is 0.167 bits per heavy atom. The first-order valence-electron chi connectivity index (χ1n) is 14.8. The molecule has 0 radical (unpaired) electrons. The molecule has 0 heteroatoms. The molecule has 0 aromatic rings. The fourth-order valence-corrected chi connectivity index (χ4v) is 16.8. The summed E-state index contributed by atoms with van der Waals surface area (Å²) in [4.78, 5) is 0. The second-order valence-electron chi connectivity index (χ2n) is 15.7. The monoisotopic (exact) mass is 400 g/mol. The molecule has 0 unspecified atom stereocenters. The van der Waals surface area contributed by atoms with Crippen molar-refractivity contribution in [2.45, 2.75) is 64.2 Å². The molecule has 0 atom stereocenters. The van der Waals surface area contributed by atoms with Crippen LogP contribution in [0.3, 0.4) is 0 Å². The van der Waals surface area contributed by atoms with E-state index >= 15 is 0 Å². The van der Waals surface area contributed by atoms with Crippen molar-refractivity contribution in [2.75, 3.05) is 0 Å². The molecule has 0 spiro atoms. The Labute approximate surface area is 182 Å². The molecule has 0 aromatic heterocycles. The summed E-state index contributed by atoms with van der Waals surface area (Å²) >= 11 is 0. The van der Waals surface area contributed by atoms with Crippen LogP contribution in [0.5, 0.6) is 0 Å². The highest BCUT2D eigenvalue weighted by Crippen LogP contribution is 2.81. The Morgan fingerprint density at radius 3 is 0.367 bits per heavy atom. The Kier molecular flexibility index (Phi) is 2.44. The van der Waals surface area contributed by atoms with Crippen LogP contribution in [0.15, 0.2) is 0 Å². The zero-order valence-electron chi connectivity index (χ0n) is 18.6. The molecule has 0 aliphatic heterocycles. The van der Waals surface area contributed by atoms with Gasteiger partial charge in [-0.25, -0.2) is 0 Å². The van der Waals surface area contributed by atoms with E-state index in [1.807, 2.05) is 0 Å². The Balaban J connectivity index is 1.17. The lowest BCUT2D eigenvalue weighted by atomic mass is 9.60. The molecule has 0 nitrogen and oxygen atoms in total. The average molecular weight is 401 g/mol. The van der Waals surface area contributed by atoms with Crippen molar-refractivity contribution in [1.29, 1.82) is 0 Å². The van der Waals surface area contributed by atoms with Gasteiger partial charge in [-0.05, 0) is 183 Å². The van der Waals surface area contributed by atoms with Gasteiger partial charge < -0.3 is 0 Å². The lowest BCUT2D eigenvalue weighted by molar-refractivity contribution is 0.0202. The van der Waals surface area contributed by atoms with E-state index in [-0.39, 0.29) is 0 Å². The van der Waals surface area contributed by atoms with Gasteiger partial charge in [-0.2, -0.15) is 0 Å².